The first-order valence-electron chi connectivity index (χ1n) is 15.0. The van der Waals surface area contributed by atoms with Gasteiger partial charge < -0.3 is 25.4 Å². The second kappa shape index (κ2) is 15.5. The fourth-order valence-electron chi connectivity index (χ4n) is 5.21. The van der Waals surface area contributed by atoms with Crippen molar-refractivity contribution in [2.24, 2.45) is 0 Å². The summed E-state index contributed by atoms with van der Waals surface area (Å²) >= 11 is 2.83. The van der Waals surface area contributed by atoms with Crippen LogP contribution in [0.2, 0.25) is 0 Å². The molecule has 5 rings (SSSR count). The van der Waals surface area contributed by atoms with Crippen molar-refractivity contribution < 1.29 is 23.9 Å². The fraction of sp³-hybridized carbons (Fsp3) is 0.222. The van der Waals surface area contributed by atoms with Crippen LogP contribution in [0, 0.1) is 11.3 Å². The molecule has 11 heteroatoms. The number of para-hydroxylation sites is 1. The lowest BCUT2D eigenvalue weighted by Crippen LogP contribution is -2.30. The maximum absolute atomic E-state index is 13.7. The van der Waals surface area contributed by atoms with Crippen LogP contribution in [0.4, 0.5) is 10.7 Å². The number of carbonyl (C=O) groups is 3. The van der Waals surface area contributed by atoms with Crippen LogP contribution in [0.15, 0.2) is 83.4 Å². The minimum absolute atomic E-state index is 0.0110. The lowest BCUT2D eigenvalue weighted by atomic mass is 9.96. The van der Waals surface area contributed by atoms with Gasteiger partial charge in [0.1, 0.15) is 16.8 Å². The zero-order valence-electron chi connectivity index (χ0n) is 26.2. The molecule has 3 amide bonds. The van der Waals surface area contributed by atoms with Crippen molar-refractivity contribution in [3.63, 3.8) is 0 Å². The molecule has 1 aromatic heterocycles. The number of thioether (sulfide) groups is 1. The maximum atomic E-state index is 13.7. The van der Waals surface area contributed by atoms with E-state index < -0.39 is 17.1 Å². The van der Waals surface area contributed by atoms with E-state index in [1.54, 1.807) is 73.7 Å². The van der Waals surface area contributed by atoms with Gasteiger partial charge in [0.15, 0.2) is 11.5 Å². The zero-order valence-corrected chi connectivity index (χ0v) is 27.8. The number of thiophene rings is 1. The van der Waals surface area contributed by atoms with Crippen molar-refractivity contribution in [2.75, 3.05) is 24.9 Å². The number of nitrogens with zero attached hydrogens (tertiary/aromatic N) is 1. The molecule has 0 fully saturated rings. The monoisotopic (exact) mass is 666 g/mol. The van der Waals surface area contributed by atoms with Gasteiger partial charge in [0.2, 0.25) is 5.91 Å². The number of nitrogens with one attached hydrogen (secondary N) is 3. The van der Waals surface area contributed by atoms with E-state index >= 15 is 0 Å². The topological polar surface area (TPSA) is 130 Å². The standard InChI is InChI=1S/C36H34N4O5S2/c1-22(33(41)40-36-28(21-37)27-16-7-8-18-31(27)47-36)46-26-15-10-14-25(20-26)38-35(43)29(39-34(42)23-11-5-4-6-12-23)19-24-13-9-17-30(44-2)32(24)45-3/h4-6,9-15,17,19-20,22H,7-8,16,18H2,1-3H3,(H,38,43)(H,39,42)(H,40,41)/b29-19+. The summed E-state index contributed by atoms with van der Waals surface area (Å²) in [6, 6.07) is 23.2. The molecule has 0 saturated heterocycles. The number of hydrogen-bond donors (Lipinski definition) is 3. The van der Waals surface area contributed by atoms with E-state index in [4.69, 9.17) is 9.47 Å². The molecule has 0 bridgehead atoms. The summed E-state index contributed by atoms with van der Waals surface area (Å²) < 4.78 is 10.9. The van der Waals surface area contributed by atoms with Gasteiger partial charge in [0, 0.05) is 26.6 Å². The van der Waals surface area contributed by atoms with Gasteiger partial charge in [-0.1, -0.05) is 36.4 Å². The predicted octanol–water partition coefficient (Wildman–Crippen LogP) is 7.04. The van der Waals surface area contributed by atoms with Crippen molar-refractivity contribution >= 4 is 57.6 Å². The third-order valence-electron chi connectivity index (χ3n) is 7.56. The number of hydrogen-bond acceptors (Lipinski definition) is 8. The number of amides is 3. The Balaban J connectivity index is 1.33. The molecule has 1 atom stereocenters. The van der Waals surface area contributed by atoms with Gasteiger partial charge in [-0.15, -0.1) is 23.1 Å². The average Bonchev–Trinajstić information content (AvgIpc) is 3.44. The quantitative estimate of drug-likeness (QED) is 0.116. The summed E-state index contributed by atoms with van der Waals surface area (Å²) in [6.45, 7) is 1.80. The van der Waals surface area contributed by atoms with Gasteiger partial charge in [-0.05, 0) is 80.6 Å². The van der Waals surface area contributed by atoms with Gasteiger partial charge in [-0.3, -0.25) is 14.4 Å². The van der Waals surface area contributed by atoms with Gasteiger partial charge in [0.05, 0.1) is 25.0 Å². The Morgan fingerprint density at radius 1 is 0.957 bits per heavy atom. The Hall–Kier alpha value is -5.05. The molecule has 0 saturated carbocycles. The number of aryl methyl sites for hydroxylation is 1. The van der Waals surface area contributed by atoms with E-state index in [9.17, 15) is 19.6 Å². The number of anilines is 2. The van der Waals surface area contributed by atoms with E-state index in [-0.39, 0.29) is 11.6 Å². The zero-order chi connectivity index (χ0) is 33.3. The lowest BCUT2D eigenvalue weighted by Gasteiger charge is -2.15. The summed E-state index contributed by atoms with van der Waals surface area (Å²) in [7, 11) is 3.02. The molecule has 9 nitrogen and oxygen atoms in total. The lowest BCUT2D eigenvalue weighted by molar-refractivity contribution is -0.115. The highest BCUT2D eigenvalue weighted by Crippen LogP contribution is 2.38. The van der Waals surface area contributed by atoms with Crippen LogP contribution >= 0.6 is 23.1 Å². The molecule has 0 aliphatic heterocycles. The Morgan fingerprint density at radius 3 is 2.47 bits per heavy atom. The molecule has 240 valence electrons. The van der Waals surface area contributed by atoms with Gasteiger partial charge in [-0.25, -0.2) is 0 Å². The first-order valence-corrected chi connectivity index (χ1v) is 16.7. The molecule has 1 unspecified atom stereocenters. The molecule has 3 N–H and O–H groups in total. The molecule has 3 aromatic carbocycles. The summed E-state index contributed by atoms with van der Waals surface area (Å²) in [5, 5.41) is 18.5. The minimum atomic E-state index is -0.558. The Morgan fingerprint density at radius 2 is 1.72 bits per heavy atom. The predicted molar refractivity (Wildman–Crippen MR) is 186 cm³/mol. The van der Waals surface area contributed by atoms with E-state index in [2.05, 4.69) is 22.0 Å². The highest BCUT2D eigenvalue weighted by Gasteiger charge is 2.24. The van der Waals surface area contributed by atoms with Crippen molar-refractivity contribution in [3.8, 4) is 17.6 Å². The van der Waals surface area contributed by atoms with Crippen molar-refractivity contribution in [1.82, 2.24) is 5.32 Å². The molecule has 0 spiro atoms. The van der Waals surface area contributed by atoms with Crippen LogP contribution < -0.4 is 25.4 Å². The SMILES string of the molecule is COc1cccc(/C=C(/NC(=O)c2ccccc2)C(=O)Nc2cccc(SC(C)C(=O)Nc3sc4c(c3C#N)CCCC4)c2)c1OC. The van der Waals surface area contributed by atoms with Crippen molar-refractivity contribution in [1.29, 1.82) is 5.26 Å². The maximum Gasteiger partial charge on any atom is 0.272 e. The molecule has 47 heavy (non-hydrogen) atoms. The van der Waals surface area contributed by atoms with E-state index in [0.717, 1.165) is 36.1 Å². The van der Waals surface area contributed by atoms with Crippen molar-refractivity contribution in [2.45, 2.75) is 42.8 Å². The molecular formula is C36H34N4O5S2. The first kappa shape index (κ1) is 33.3. The summed E-state index contributed by atoms with van der Waals surface area (Å²) in [6.07, 6.45) is 5.48. The van der Waals surface area contributed by atoms with E-state index in [0.29, 0.717) is 38.9 Å². The molecule has 1 aliphatic rings. The normalized spacial score (nSPS) is 13.0. The second-order valence-corrected chi connectivity index (χ2v) is 13.2. The summed E-state index contributed by atoms with van der Waals surface area (Å²) in [5.74, 6) is -0.340. The van der Waals surface area contributed by atoms with Crippen LogP contribution in [-0.2, 0) is 22.4 Å². The van der Waals surface area contributed by atoms with E-state index in [1.165, 1.54) is 48.3 Å². The van der Waals surface area contributed by atoms with Gasteiger partial charge >= 0.3 is 0 Å². The fourth-order valence-corrected chi connectivity index (χ4v) is 7.38. The largest absolute Gasteiger partial charge is 0.493 e. The number of benzene rings is 3. The number of ether oxygens (including phenoxy) is 2. The third-order valence-corrected chi connectivity index (χ3v) is 9.86. The molecular weight excluding hydrogens is 633 g/mol. The Labute approximate surface area is 282 Å². The average molecular weight is 667 g/mol. The van der Waals surface area contributed by atoms with Crippen LogP contribution in [-0.4, -0.2) is 37.2 Å². The van der Waals surface area contributed by atoms with Crippen LogP contribution in [0.5, 0.6) is 11.5 Å². The second-order valence-electron chi connectivity index (χ2n) is 10.7. The number of rotatable bonds is 11. The van der Waals surface area contributed by atoms with Gasteiger partial charge in [0.25, 0.3) is 11.8 Å². The number of carbonyl (C=O) groups excluding carboxylic acids is 3. The first-order chi connectivity index (χ1) is 22.8. The third kappa shape index (κ3) is 8.03. The van der Waals surface area contributed by atoms with Gasteiger partial charge in [-0.2, -0.15) is 5.26 Å². The summed E-state index contributed by atoms with van der Waals surface area (Å²) in [5.41, 5.74) is 3.03. The Kier molecular flexibility index (Phi) is 11.0. The van der Waals surface area contributed by atoms with Crippen LogP contribution in [0.25, 0.3) is 6.08 Å². The molecule has 4 aromatic rings. The molecule has 1 heterocycles. The number of fused-ring (bicyclic) bond motifs is 1. The van der Waals surface area contributed by atoms with Crippen molar-refractivity contribution in [3.05, 3.63) is 106 Å². The molecule has 0 radical (unpaired) electrons. The van der Waals surface area contributed by atoms with E-state index in [1.807, 2.05) is 6.07 Å². The number of methoxy groups -OCH3 is 2. The number of nitriles is 1. The highest BCUT2D eigenvalue weighted by molar-refractivity contribution is 8.00. The smallest absolute Gasteiger partial charge is 0.272 e. The van der Waals surface area contributed by atoms with Crippen LogP contribution in [0.1, 0.15) is 51.7 Å². The summed E-state index contributed by atoms with van der Waals surface area (Å²) in [4.78, 5) is 41.9. The minimum Gasteiger partial charge on any atom is -0.493 e. The van der Waals surface area contributed by atoms with Crippen LogP contribution in [0.3, 0.4) is 0 Å². The Bertz CT molecular complexity index is 1860. The molecule has 1 aliphatic carbocycles. The highest BCUT2D eigenvalue weighted by atomic mass is 32.2.